The Kier molecular flexibility index (Phi) is 1.15. The number of rotatable bonds is 0. The fourth-order valence-electron chi connectivity index (χ4n) is 0.956. The van der Waals surface area contributed by atoms with Gasteiger partial charge in [0.05, 0.1) is 5.69 Å². The lowest BCUT2D eigenvalue weighted by Crippen LogP contribution is -1.85. The maximum atomic E-state index is 4.92. The molecule has 0 unspecified atom stereocenters. The number of aryl methyl sites for hydroxylation is 2. The molecule has 4 heteroatoms. The van der Waals surface area contributed by atoms with Crippen molar-refractivity contribution >= 4 is 11.0 Å². The third-order valence-electron chi connectivity index (χ3n) is 1.51. The van der Waals surface area contributed by atoms with Crippen LogP contribution >= 0.6 is 0 Å². The van der Waals surface area contributed by atoms with Crippen LogP contribution in [-0.4, -0.2) is 15.4 Å². The average Bonchev–Trinajstić information content (AvgIpc) is 2.32. The predicted molar refractivity (Wildman–Crippen MR) is 39.1 cm³/mol. The van der Waals surface area contributed by atoms with Crippen molar-refractivity contribution in [2.24, 2.45) is 0 Å². The van der Waals surface area contributed by atoms with Crippen LogP contribution in [-0.2, 0) is 0 Å². The zero-order valence-electron chi connectivity index (χ0n) is 6.33. The normalized spacial score (nSPS) is 10.7. The van der Waals surface area contributed by atoms with Gasteiger partial charge in [-0.15, -0.1) is 5.10 Å². The molecule has 2 aromatic rings. The van der Waals surface area contributed by atoms with Crippen molar-refractivity contribution in [2.75, 3.05) is 0 Å². The molecule has 0 N–H and O–H groups in total. The summed E-state index contributed by atoms with van der Waals surface area (Å²) in [4.78, 5) is 0. The van der Waals surface area contributed by atoms with Gasteiger partial charge in [0.25, 0.3) is 0 Å². The van der Waals surface area contributed by atoms with Crippen LogP contribution in [0.5, 0.6) is 0 Å². The van der Waals surface area contributed by atoms with Gasteiger partial charge in [-0.25, -0.2) is 0 Å². The van der Waals surface area contributed by atoms with Gasteiger partial charge in [0.2, 0.25) is 0 Å². The number of aromatic nitrogens is 3. The second-order valence-corrected chi connectivity index (χ2v) is 2.46. The molecule has 2 rings (SSSR count). The van der Waals surface area contributed by atoms with Gasteiger partial charge in [0.15, 0.2) is 11.3 Å². The second kappa shape index (κ2) is 2.02. The zero-order valence-corrected chi connectivity index (χ0v) is 6.33. The van der Waals surface area contributed by atoms with Crippen molar-refractivity contribution < 1.29 is 4.52 Å². The van der Waals surface area contributed by atoms with E-state index >= 15 is 0 Å². The molecule has 11 heavy (non-hydrogen) atoms. The Balaban J connectivity index is 2.86. The lowest BCUT2D eigenvalue weighted by atomic mass is 10.3. The molecule has 0 bridgehead atoms. The van der Waals surface area contributed by atoms with Crippen LogP contribution in [0, 0.1) is 13.8 Å². The zero-order chi connectivity index (χ0) is 7.84. The minimum atomic E-state index is 0.715. The molecule has 0 atom stereocenters. The molecule has 0 spiro atoms. The second-order valence-electron chi connectivity index (χ2n) is 2.46. The third-order valence-corrected chi connectivity index (χ3v) is 1.51. The topological polar surface area (TPSA) is 51.8 Å². The molecule has 0 fully saturated rings. The minimum Gasteiger partial charge on any atom is -0.359 e. The van der Waals surface area contributed by atoms with Gasteiger partial charge in [-0.1, -0.05) is 5.16 Å². The van der Waals surface area contributed by atoms with Gasteiger partial charge in [-0.05, 0) is 19.9 Å². The van der Waals surface area contributed by atoms with Crippen LogP contribution in [0.3, 0.4) is 0 Å². The molecule has 56 valence electrons. The number of nitrogens with zero attached hydrogens (tertiary/aromatic N) is 3. The van der Waals surface area contributed by atoms with Crippen LogP contribution in [0.4, 0.5) is 0 Å². The van der Waals surface area contributed by atoms with Gasteiger partial charge in [-0.2, -0.15) is 5.10 Å². The first kappa shape index (κ1) is 6.27. The average molecular weight is 149 g/mol. The van der Waals surface area contributed by atoms with E-state index in [1.807, 2.05) is 19.9 Å². The van der Waals surface area contributed by atoms with E-state index in [1.54, 1.807) is 0 Å². The van der Waals surface area contributed by atoms with Crippen molar-refractivity contribution in [2.45, 2.75) is 13.8 Å². The van der Waals surface area contributed by atoms with E-state index in [1.165, 1.54) is 0 Å². The molecular formula is C7H7N3O. The summed E-state index contributed by atoms with van der Waals surface area (Å²) in [6.07, 6.45) is 0. The molecule has 0 aliphatic carbocycles. The monoisotopic (exact) mass is 149 g/mol. The first-order chi connectivity index (χ1) is 5.27. The van der Waals surface area contributed by atoms with Gasteiger partial charge in [0.1, 0.15) is 5.52 Å². The molecule has 0 aromatic carbocycles. The van der Waals surface area contributed by atoms with Crippen LogP contribution in [0.1, 0.15) is 11.5 Å². The van der Waals surface area contributed by atoms with Crippen LogP contribution in [0.15, 0.2) is 10.6 Å². The Hall–Kier alpha value is -1.45. The Morgan fingerprint density at radius 2 is 2.09 bits per heavy atom. The van der Waals surface area contributed by atoms with Crippen molar-refractivity contribution in [1.82, 2.24) is 15.4 Å². The van der Waals surface area contributed by atoms with E-state index in [-0.39, 0.29) is 0 Å². The summed E-state index contributed by atoms with van der Waals surface area (Å²) in [6, 6.07) is 1.85. The van der Waals surface area contributed by atoms with Gasteiger partial charge >= 0.3 is 0 Å². The highest BCUT2D eigenvalue weighted by molar-refractivity contribution is 5.74. The Morgan fingerprint density at radius 1 is 1.27 bits per heavy atom. The van der Waals surface area contributed by atoms with Crippen molar-refractivity contribution in [3.05, 3.63) is 17.5 Å². The first-order valence-electron chi connectivity index (χ1n) is 3.33. The van der Waals surface area contributed by atoms with Crippen molar-refractivity contribution in [1.29, 1.82) is 0 Å². The van der Waals surface area contributed by atoms with E-state index in [0.29, 0.717) is 5.76 Å². The molecule has 0 aliphatic heterocycles. The van der Waals surface area contributed by atoms with E-state index < -0.39 is 0 Å². The predicted octanol–water partition coefficient (Wildman–Crippen LogP) is 1.23. The number of hydrogen-bond acceptors (Lipinski definition) is 4. The Morgan fingerprint density at radius 3 is 2.91 bits per heavy atom. The number of hydrogen-bond donors (Lipinski definition) is 0. The Labute approximate surface area is 63.2 Å². The fourth-order valence-corrected chi connectivity index (χ4v) is 0.956. The summed E-state index contributed by atoms with van der Waals surface area (Å²) in [5, 5.41) is 11.6. The molecular weight excluding hydrogens is 142 g/mol. The van der Waals surface area contributed by atoms with Crippen LogP contribution < -0.4 is 0 Å². The lowest BCUT2D eigenvalue weighted by Gasteiger charge is -1.86. The highest BCUT2D eigenvalue weighted by Gasteiger charge is 2.04. The van der Waals surface area contributed by atoms with Gasteiger partial charge in [0, 0.05) is 0 Å². The van der Waals surface area contributed by atoms with E-state index in [4.69, 9.17) is 4.52 Å². The van der Waals surface area contributed by atoms with E-state index in [9.17, 15) is 0 Å². The molecule has 0 saturated heterocycles. The van der Waals surface area contributed by atoms with Crippen molar-refractivity contribution in [3.63, 3.8) is 0 Å². The third kappa shape index (κ3) is 0.869. The summed E-state index contributed by atoms with van der Waals surface area (Å²) in [6.45, 7) is 3.69. The Bertz CT molecular complexity index is 393. The smallest absolute Gasteiger partial charge is 0.161 e. The SMILES string of the molecule is Cc1cc2noc(C)c2nn1. The molecule has 2 heterocycles. The molecule has 0 aliphatic rings. The fraction of sp³-hybridized carbons (Fsp3) is 0.286. The quantitative estimate of drug-likeness (QED) is 0.565. The lowest BCUT2D eigenvalue weighted by molar-refractivity contribution is 0.405. The first-order valence-corrected chi connectivity index (χ1v) is 3.33. The standard InChI is InChI=1S/C7H7N3O/c1-4-3-6-7(9-8-4)5(2)11-10-6/h3H,1-2H3. The molecule has 0 amide bonds. The maximum absolute atomic E-state index is 4.92. The number of fused-ring (bicyclic) bond motifs is 1. The maximum Gasteiger partial charge on any atom is 0.161 e. The molecule has 2 aromatic heterocycles. The summed E-state index contributed by atoms with van der Waals surface area (Å²) in [5.41, 5.74) is 2.37. The van der Waals surface area contributed by atoms with Gasteiger partial charge in [-0.3, -0.25) is 0 Å². The summed E-state index contributed by atoms with van der Waals surface area (Å²) in [5.74, 6) is 0.715. The molecule has 4 nitrogen and oxygen atoms in total. The summed E-state index contributed by atoms with van der Waals surface area (Å²) in [7, 11) is 0. The summed E-state index contributed by atoms with van der Waals surface area (Å²) < 4.78 is 4.92. The van der Waals surface area contributed by atoms with Crippen molar-refractivity contribution in [3.8, 4) is 0 Å². The molecule has 0 saturated carbocycles. The minimum absolute atomic E-state index is 0.715. The van der Waals surface area contributed by atoms with E-state index in [0.717, 1.165) is 16.7 Å². The highest BCUT2D eigenvalue weighted by Crippen LogP contribution is 2.13. The molecule has 0 radical (unpaired) electrons. The van der Waals surface area contributed by atoms with Crippen LogP contribution in [0.2, 0.25) is 0 Å². The van der Waals surface area contributed by atoms with Gasteiger partial charge < -0.3 is 4.52 Å². The largest absolute Gasteiger partial charge is 0.359 e. The van der Waals surface area contributed by atoms with E-state index in [2.05, 4.69) is 15.4 Å². The highest BCUT2D eigenvalue weighted by atomic mass is 16.5. The van der Waals surface area contributed by atoms with Crippen LogP contribution in [0.25, 0.3) is 11.0 Å². The summed E-state index contributed by atoms with van der Waals surface area (Å²) >= 11 is 0.